The van der Waals surface area contributed by atoms with Crippen LogP contribution in [0.3, 0.4) is 0 Å². The molecular formula is C11H22N2O3S. The highest BCUT2D eigenvalue weighted by Gasteiger charge is 2.38. The molecule has 0 amide bonds. The highest BCUT2D eigenvalue weighted by molar-refractivity contribution is 7.91. The monoisotopic (exact) mass is 262 g/mol. The van der Waals surface area contributed by atoms with Gasteiger partial charge in [0.15, 0.2) is 9.84 Å². The highest BCUT2D eigenvalue weighted by Crippen LogP contribution is 2.23. The fourth-order valence-corrected chi connectivity index (χ4v) is 4.76. The van der Waals surface area contributed by atoms with Crippen LogP contribution >= 0.6 is 0 Å². The number of rotatable bonds is 4. The van der Waals surface area contributed by atoms with Gasteiger partial charge >= 0.3 is 0 Å². The van der Waals surface area contributed by atoms with Crippen LogP contribution in [0.15, 0.2) is 0 Å². The van der Waals surface area contributed by atoms with Gasteiger partial charge in [0.1, 0.15) is 0 Å². The van der Waals surface area contributed by atoms with E-state index in [1.165, 1.54) is 0 Å². The summed E-state index contributed by atoms with van der Waals surface area (Å²) in [6.07, 6.45) is 2.00. The van der Waals surface area contributed by atoms with Crippen LogP contribution in [0.5, 0.6) is 0 Å². The molecule has 0 bridgehead atoms. The minimum atomic E-state index is -2.82. The Kier molecular flexibility index (Phi) is 3.77. The summed E-state index contributed by atoms with van der Waals surface area (Å²) in [5, 5.41) is 6.79. The van der Waals surface area contributed by atoms with Gasteiger partial charge in [-0.3, -0.25) is 0 Å². The molecule has 17 heavy (non-hydrogen) atoms. The van der Waals surface area contributed by atoms with Crippen molar-refractivity contribution in [1.82, 2.24) is 10.6 Å². The molecule has 2 heterocycles. The third-order valence-electron chi connectivity index (χ3n) is 3.79. The third-order valence-corrected chi connectivity index (χ3v) is 5.70. The molecule has 0 aromatic heterocycles. The standard InChI is InChI=1S/C11H22N2O3S/c1-11(3-4-17(14,15)8-11)13-6-9-5-10(16-2)7-12-9/h9-10,12-13H,3-8H2,1-2H3. The van der Waals surface area contributed by atoms with E-state index in [0.717, 1.165) is 25.9 Å². The second-order valence-electron chi connectivity index (χ2n) is 5.48. The van der Waals surface area contributed by atoms with Crippen molar-refractivity contribution in [2.45, 2.75) is 37.5 Å². The molecular weight excluding hydrogens is 240 g/mol. The van der Waals surface area contributed by atoms with Crippen molar-refractivity contribution in [3.05, 3.63) is 0 Å². The predicted molar refractivity (Wildman–Crippen MR) is 66.9 cm³/mol. The van der Waals surface area contributed by atoms with Gasteiger partial charge in [0.25, 0.3) is 0 Å². The number of ether oxygens (including phenoxy) is 1. The maximum atomic E-state index is 11.5. The number of nitrogens with one attached hydrogen (secondary N) is 2. The molecule has 3 unspecified atom stereocenters. The Balaban J connectivity index is 1.79. The molecule has 2 aliphatic rings. The molecule has 2 fully saturated rings. The van der Waals surface area contributed by atoms with E-state index < -0.39 is 9.84 Å². The SMILES string of the molecule is COC1CNC(CNC2(C)CCS(=O)(=O)C2)C1. The van der Waals surface area contributed by atoms with E-state index in [1.54, 1.807) is 7.11 Å². The lowest BCUT2D eigenvalue weighted by molar-refractivity contribution is 0.117. The smallest absolute Gasteiger partial charge is 0.152 e. The topological polar surface area (TPSA) is 67.4 Å². The zero-order valence-electron chi connectivity index (χ0n) is 10.5. The number of sulfone groups is 1. The van der Waals surface area contributed by atoms with Gasteiger partial charge in [0, 0.05) is 31.8 Å². The van der Waals surface area contributed by atoms with Crippen LogP contribution in [0.1, 0.15) is 19.8 Å². The average molecular weight is 262 g/mol. The van der Waals surface area contributed by atoms with Crippen molar-refractivity contribution in [3.63, 3.8) is 0 Å². The Morgan fingerprint density at radius 1 is 1.53 bits per heavy atom. The normalized spacial score (nSPS) is 40.8. The second kappa shape index (κ2) is 4.84. The molecule has 0 radical (unpaired) electrons. The van der Waals surface area contributed by atoms with E-state index in [4.69, 9.17) is 4.74 Å². The highest BCUT2D eigenvalue weighted by atomic mass is 32.2. The minimum absolute atomic E-state index is 0.244. The summed E-state index contributed by atoms with van der Waals surface area (Å²) in [6.45, 7) is 3.70. The maximum Gasteiger partial charge on any atom is 0.152 e. The van der Waals surface area contributed by atoms with E-state index in [-0.39, 0.29) is 11.3 Å². The van der Waals surface area contributed by atoms with Crippen molar-refractivity contribution >= 4 is 9.84 Å². The van der Waals surface area contributed by atoms with E-state index >= 15 is 0 Å². The molecule has 0 aromatic carbocycles. The summed E-state index contributed by atoms with van der Waals surface area (Å²) in [4.78, 5) is 0. The van der Waals surface area contributed by atoms with Gasteiger partial charge in [-0.25, -0.2) is 8.42 Å². The lowest BCUT2D eigenvalue weighted by Gasteiger charge is -2.26. The van der Waals surface area contributed by atoms with Crippen LogP contribution in [0, 0.1) is 0 Å². The van der Waals surface area contributed by atoms with Crippen molar-refractivity contribution in [3.8, 4) is 0 Å². The second-order valence-corrected chi connectivity index (χ2v) is 7.67. The van der Waals surface area contributed by atoms with E-state index in [2.05, 4.69) is 10.6 Å². The molecule has 2 N–H and O–H groups in total. The summed E-state index contributed by atoms with van der Waals surface area (Å²) in [6, 6.07) is 0.389. The van der Waals surface area contributed by atoms with Crippen LogP contribution < -0.4 is 10.6 Å². The molecule has 0 aliphatic carbocycles. The lowest BCUT2D eigenvalue weighted by atomic mass is 10.0. The molecule has 2 aliphatic heterocycles. The number of hydrogen-bond donors (Lipinski definition) is 2. The summed E-state index contributed by atoms with van der Waals surface area (Å²) in [7, 11) is -1.09. The van der Waals surface area contributed by atoms with Gasteiger partial charge in [-0.05, 0) is 19.8 Å². The fourth-order valence-electron chi connectivity index (χ4n) is 2.64. The van der Waals surface area contributed by atoms with Crippen LogP contribution in [0.25, 0.3) is 0 Å². The van der Waals surface area contributed by atoms with Crippen LogP contribution in [0.4, 0.5) is 0 Å². The van der Waals surface area contributed by atoms with Crippen molar-refractivity contribution in [1.29, 1.82) is 0 Å². The van der Waals surface area contributed by atoms with Gasteiger partial charge in [-0.2, -0.15) is 0 Å². The van der Waals surface area contributed by atoms with Gasteiger partial charge in [-0.15, -0.1) is 0 Å². The molecule has 100 valence electrons. The van der Waals surface area contributed by atoms with Gasteiger partial charge < -0.3 is 15.4 Å². The lowest BCUT2D eigenvalue weighted by Crippen LogP contribution is -2.48. The molecule has 0 saturated carbocycles. The Morgan fingerprint density at radius 2 is 2.29 bits per heavy atom. The molecule has 0 spiro atoms. The van der Waals surface area contributed by atoms with Gasteiger partial charge in [-0.1, -0.05) is 0 Å². The molecule has 0 aromatic rings. The minimum Gasteiger partial charge on any atom is -0.380 e. The molecule has 3 atom stereocenters. The summed E-state index contributed by atoms with van der Waals surface area (Å²) >= 11 is 0. The van der Waals surface area contributed by atoms with E-state index in [1.807, 2.05) is 6.92 Å². The third kappa shape index (κ3) is 3.40. The summed E-state index contributed by atoms with van der Waals surface area (Å²) < 4.78 is 28.2. The molecule has 6 heteroatoms. The van der Waals surface area contributed by atoms with E-state index in [0.29, 0.717) is 17.9 Å². The quantitative estimate of drug-likeness (QED) is 0.717. The van der Waals surface area contributed by atoms with Crippen LogP contribution in [-0.4, -0.2) is 57.8 Å². The molecule has 5 nitrogen and oxygen atoms in total. The molecule has 2 saturated heterocycles. The molecule has 2 rings (SSSR count). The Labute approximate surface area is 103 Å². The zero-order valence-corrected chi connectivity index (χ0v) is 11.3. The first-order valence-corrected chi connectivity index (χ1v) is 7.96. The Morgan fingerprint density at radius 3 is 2.82 bits per heavy atom. The summed E-state index contributed by atoms with van der Waals surface area (Å²) in [5.41, 5.74) is -0.244. The Bertz CT molecular complexity index is 371. The van der Waals surface area contributed by atoms with Crippen LogP contribution in [-0.2, 0) is 14.6 Å². The van der Waals surface area contributed by atoms with Crippen molar-refractivity contribution in [2.24, 2.45) is 0 Å². The number of hydrogen-bond acceptors (Lipinski definition) is 5. The van der Waals surface area contributed by atoms with Crippen molar-refractivity contribution in [2.75, 3.05) is 31.7 Å². The first kappa shape index (κ1) is 13.3. The zero-order chi connectivity index (χ0) is 12.5. The van der Waals surface area contributed by atoms with Gasteiger partial charge in [0.2, 0.25) is 0 Å². The Hall–Kier alpha value is -0.170. The first-order valence-electron chi connectivity index (χ1n) is 6.14. The van der Waals surface area contributed by atoms with Gasteiger partial charge in [0.05, 0.1) is 17.6 Å². The van der Waals surface area contributed by atoms with E-state index in [9.17, 15) is 8.42 Å². The van der Waals surface area contributed by atoms with Crippen LogP contribution in [0.2, 0.25) is 0 Å². The fraction of sp³-hybridized carbons (Fsp3) is 1.00. The maximum absolute atomic E-state index is 11.5. The van der Waals surface area contributed by atoms with Crippen molar-refractivity contribution < 1.29 is 13.2 Å². The largest absolute Gasteiger partial charge is 0.380 e. The number of methoxy groups -OCH3 is 1. The average Bonchev–Trinajstić information content (AvgIpc) is 2.81. The summed E-state index contributed by atoms with van der Waals surface area (Å²) in [5.74, 6) is 0.579. The predicted octanol–water partition coefficient (Wildman–Crippen LogP) is -0.470. The first-order chi connectivity index (χ1) is 7.92.